The Balaban J connectivity index is -0.0000157. The van der Waals surface area contributed by atoms with E-state index in [2.05, 4.69) is 10.2 Å². The number of unbranched alkanes of at least 4 members (excludes halogenated alkanes) is 1. The van der Waals surface area contributed by atoms with Crippen LogP contribution in [-0.2, 0) is 85.8 Å². The van der Waals surface area contributed by atoms with Crippen molar-refractivity contribution in [3.63, 3.8) is 0 Å². The minimum absolute atomic E-state index is 0. The van der Waals surface area contributed by atoms with Crippen LogP contribution in [0.4, 0.5) is 0 Å². The summed E-state index contributed by atoms with van der Waals surface area (Å²) in [7, 11) is 0. The van der Waals surface area contributed by atoms with E-state index in [1.165, 1.54) is 83.1 Å². The van der Waals surface area contributed by atoms with Crippen LogP contribution in [0.15, 0.2) is 10.2 Å². The fourth-order valence-electron chi connectivity index (χ4n) is 11.7. The molecule has 4 heterocycles. The maximum absolute atomic E-state index is 13.1. The number of carboxylic acid groups (broad SMARTS) is 6. The molecule has 4 aliphatic rings. The molecule has 10 N–H and O–H groups in total. The van der Waals surface area contributed by atoms with E-state index in [9.17, 15) is 119 Å². The number of aldehydes is 2. The van der Waals surface area contributed by atoms with Crippen LogP contribution in [0.1, 0.15) is 109 Å². The molecular weight excluding hydrogens is 1400 g/mol. The minimum Gasteiger partial charge on any atom is -0.547 e. The number of hydrogen-bond acceptors (Lipinski definition) is 34. The molecule has 0 radical (unpaired) electrons. The summed E-state index contributed by atoms with van der Waals surface area (Å²) in [5.41, 5.74) is -0.343. The minimum atomic E-state index is -2.75. The summed E-state index contributed by atoms with van der Waals surface area (Å²) in [6.45, 7) is 17.9. The van der Waals surface area contributed by atoms with Gasteiger partial charge in [0.25, 0.3) is 0 Å². The molecule has 534 valence electrons. The molecule has 0 aromatic rings. The first kappa shape index (κ1) is 104. The van der Waals surface area contributed by atoms with Crippen LogP contribution in [0.5, 0.6) is 0 Å². The second-order valence-corrected chi connectivity index (χ2v) is 27.7. The van der Waals surface area contributed by atoms with Gasteiger partial charge in [-0.15, -0.1) is 0 Å². The number of ether oxygens (including phenoxy) is 8. The van der Waals surface area contributed by atoms with Crippen LogP contribution in [0, 0.1) is 45.3 Å². The third-order valence-corrected chi connectivity index (χ3v) is 16.4. The number of aliphatic hydroxyl groups excluding tert-OH is 8. The predicted molar refractivity (Wildman–Crippen MR) is 295 cm³/mol. The van der Waals surface area contributed by atoms with E-state index in [1.54, 1.807) is 0 Å². The standard InChI is InChI=1S/C58H90N4O32.6Na/c1-55(2,3)29-33(69)37(73)53(93-43(29)51(83)84)89-23(19-63)39(47(75)76)87-21(27-31(67)35(71)45(57(7,8)9)91-41(27)49(79)80)17-59-61-25(65)15-13-14-16-26(66)62-60-18-22(28-32(68)36(72)46(58(10,11)12)92-42(28)50(81)82)88-40(48(77)78)24(20-64)90-54-38(74)34(70)30(56(4,5)6)44(94-54)52(85)86;;;;;;/h17-24,27-46,53-54,67-74H,13-16H2,1-12H3,(H,61,65)(H,62,66)(H,75,76)(H,77,78)(H,79,80)(H,81,82)(H,83,84)(H,85,86);;;;;;/q;6*+1/p-6/b59-17+,60-18+;;;;;;/t21?,22?,23?,24?,27-,28+,29-,30+,31-,32?,33-,34?,35+,36-,37?,38-,39?,40?,41?,42?,43?,44?,45?,46+,53-,54+;;;;;;/m1....../s1. The Labute approximate surface area is 708 Å². The van der Waals surface area contributed by atoms with E-state index in [1.807, 2.05) is 10.9 Å². The van der Waals surface area contributed by atoms with Gasteiger partial charge in [-0.05, 0) is 34.5 Å². The molecule has 2 amide bonds. The quantitative estimate of drug-likeness (QED) is 0.0109. The smallest absolute Gasteiger partial charge is 0.547 e. The number of carbonyl (C=O) groups is 10. The fourth-order valence-corrected chi connectivity index (χ4v) is 11.7. The molecule has 0 aromatic carbocycles. The van der Waals surface area contributed by atoms with Gasteiger partial charge in [-0.25, -0.2) is 10.9 Å². The molecule has 4 aliphatic heterocycles. The van der Waals surface area contributed by atoms with Crippen molar-refractivity contribution in [3.8, 4) is 0 Å². The van der Waals surface area contributed by atoms with Gasteiger partial charge in [-0.2, -0.15) is 10.2 Å². The van der Waals surface area contributed by atoms with E-state index in [-0.39, 0.29) is 203 Å². The molecule has 4 fully saturated rings. The van der Waals surface area contributed by atoms with E-state index >= 15 is 0 Å². The SMILES string of the molecule is CC(C)(C)C1OC(C(=O)[O-])[C@H](C(/C=N/NC(=O)CCCCC(=O)N/N=C/C(OC(C(=O)[O-])C(C=O)O[C@H]2OC(C(=O)[O-])[C@@H](C(C)(C)C)C(O)[C@H]2O)[C@@H]2C(C(=O)[O-])O[C@H](C(C)(C)C)[C@H](O)C2O)OC(C(=O)[O-])C(C=O)O[C@@H]2OC(C(=O)[O-])[C@H](C(C)(C)C)[C@@H](O)C2O)[C@@H](O)[C@@H]1O.[Na+].[Na+].[Na+].[Na+].[Na+].[Na+]. The van der Waals surface area contributed by atoms with Gasteiger partial charge in [-0.3, -0.25) is 9.59 Å². The first-order chi connectivity index (χ1) is 43.2. The molecule has 4 saturated heterocycles. The molecule has 26 atom stereocenters. The van der Waals surface area contributed by atoms with Crippen LogP contribution < -0.4 is 219 Å². The van der Waals surface area contributed by atoms with Crippen molar-refractivity contribution >= 4 is 72.6 Å². The van der Waals surface area contributed by atoms with Crippen LogP contribution >= 0.6 is 0 Å². The Kier molecular flexibility index (Phi) is 46.2. The molecule has 36 nitrogen and oxygen atoms in total. The zero-order valence-corrected chi connectivity index (χ0v) is 71.4. The molecule has 42 heteroatoms. The molecule has 0 saturated carbocycles. The van der Waals surface area contributed by atoms with E-state index in [0.717, 1.165) is 0 Å². The first-order valence-electron chi connectivity index (χ1n) is 29.7. The summed E-state index contributed by atoms with van der Waals surface area (Å²) in [6.07, 6.45) is -48.7. The molecule has 14 unspecified atom stereocenters. The average molecular weight is 1490 g/mol. The molecule has 0 spiro atoms. The van der Waals surface area contributed by atoms with E-state index in [0.29, 0.717) is 12.4 Å². The third-order valence-electron chi connectivity index (χ3n) is 16.4. The molecular formula is C58H84N4Na6O32. The fraction of sp³-hybridized carbons (Fsp3) is 0.793. The van der Waals surface area contributed by atoms with Gasteiger partial charge >= 0.3 is 177 Å². The van der Waals surface area contributed by atoms with Gasteiger partial charge in [0.2, 0.25) is 11.8 Å². The number of carboxylic acids is 6. The second kappa shape index (κ2) is 44.5. The number of hydrazone groups is 2. The van der Waals surface area contributed by atoms with Gasteiger partial charge in [0.1, 0.15) is 85.5 Å². The first-order valence-corrected chi connectivity index (χ1v) is 29.7. The summed E-state index contributed by atoms with van der Waals surface area (Å²) >= 11 is 0. The van der Waals surface area contributed by atoms with Crippen molar-refractivity contribution in [3.05, 3.63) is 0 Å². The van der Waals surface area contributed by atoms with E-state index < -0.39 is 240 Å². The van der Waals surface area contributed by atoms with Crippen LogP contribution in [0.3, 0.4) is 0 Å². The number of aliphatic hydroxyl groups is 8. The monoisotopic (exact) mass is 1490 g/mol. The average Bonchev–Trinajstić information content (AvgIpc) is 0.784. The van der Waals surface area contributed by atoms with Crippen molar-refractivity contribution in [1.82, 2.24) is 10.9 Å². The van der Waals surface area contributed by atoms with Crippen LogP contribution in [0.25, 0.3) is 0 Å². The van der Waals surface area contributed by atoms with E-state index in [4.69, 9.17) is 37.9 Å². The Morgan fingerprint density at radius 3 is 0.930 bits per heavy atom. The normalized spacial score (nSPS) is 32.0. The summed E-state index contributed by atoms with van der Waals surface area (Å²) in [5, 5.41) is 172. The van der Waals surface area contributed by atoms with Gasteiger partial charge in [0.15, 0.2) is 25.2 Å². The third kappa shape index (κ3) is 27.4. The van der Waals surface area contributed by atoms with Crippen LogP contribution in [0.2, 0.25) is 0 Å². The zero-order chi connectivity index (χ0) is 71.8. The predicted octanol–water partition coefficient (Wildman–Crippen LogP) is -29.5. The maximum Gasteiger partial charge on any atom is 1.00 e. The Morgan fingerprint density at radius 2 is 0.700 bits per heavy atom. The van der Waals surface area contributed by atoms with Gasteiger partial charge in [-0.1, -0.05) is 83.1 Å². The second-order valence-electron chi connectivity index (χ2n) is 27.7. The number of aliphatic carboxylic acids is 6. The number of amides is 2. The molecule has 0 aliphatic carbocycles. The van der Waals surface area contributed by atoms with Crippen LogP contribution in [-0.4, -0.2) is 248 Å². The number of hydrogen-bond donors (Lipinski definition) is 10. The maximum atomic E-state index is 13.1. The summed E-state index contributed by atoms with van der Waals surface area (Å²) < 4.78 is 44.0. The van der Waals surface area contributed by atoms with Gasteiger partial charge < -0.3 is 148 Å². The number of nitrogens with one attached hydrogen (secondary N) is 2. The van der Waals surface area contributed by atoms with Gasteiger partial charge in [0.05, 0.1) is 96.7 Å². The topological polar surface area (TPSA) is 594 Å². The summed E-state index contributed by atoms with van der Waals surface area (Å²) in [6, 6.07) is 0. The Hall–Kier alpha value is -0.200. The molecule has 0 aromatic heterocycles. The molecule has 4 rings (SSSR count). The van der Waals surface area contributed by atoms with Crippen molar-refractivity contribution in [2.45, 2.75) is 243 Å². The van der Waals surface area contributed by atoms with Crippen molar-refractivity contribution in [1.29, 1.82) is 0 Å². The Morgan fingerprint density at radius 1 is 0.420 bits per heavy atom. The van der Waals surface area contributed by atoms with Crippen molar-refractivity contribution in [2.24, 2.45) is 55.5 Å². The zero-order valence-electron chi connectivity index (χ0n) is 59.4. The summed E-state index contributed by atoms with van der Waals surface area (Å²) in [5.74, 6) is -21.5. The molecule has 0 bridgehead atoms. The molecule has 100 heavy (non-hydrogen) atoms. The van der Waals surface area contributed by atoms with Crippen molar-refractivity contribution in [2.75, 3.05) is 0 Å². The van der Waals surface area contributed by atoms with Crippen molar-refractivity contribution < 1.29 is 335 Å². The number of nitrogens with zero attached hydrogens (tertiary/aromatic N) is 2. The number of carbonyl (C=O) groups excluding carboxylic acids is 10. The number of rotatable bonds is 29. The largest absolute Gasteiger partial charge is 1.00 e. The summed E-state index contributed by atoms with van der Waals surface area (Å²) in [4.78, 5) is 127. The Bertz CT molecular complexity index is 2580. The van der Waals surface area contributed by atoms with Gasteiger partial charge in [0, 0.05) is 24.7 Å².